The predicted molar refractivity (Wildman–Crippen MR) is 214 cm³/mol. The van der Waals surface area contributed by atoms with Crippen LogP contribution in [-0.4, -0.2) is 109 Å². The number of esters is 2. The van der Waals surface area contributed by atoms with Crippen molar-refractivity contribution in [1.29, 1.82) is 0 Å². The molecule has 0 aromatic carbocycles. The van der Waals surface area contributed by atoms with Gasteiger partial charge >= 0.3 is 25.5 Å². The number of halogens is 1. The SMILES string of the molecule is CC(C)(C)C(=O)OCSP(=O)(O)OCC1OC(N2CNc3c(N)ncnc32)C[C@@H]1OP(=O)(OCC1OC(n2cnc3c(N)ncnc32)CC1F)SCOC(=O)C(C)(C)C. The number of nitrogen functional groups attached to an aromatic ring is 2. The third kappa shape index (κ3) is 10.9. The van der Waals surface area contributed by atoms with Gasteiger partial charge in [-0.05, 0) is 41.5 Å². The van der Waals surface area contributed by atoms with E-state index in [-0.39, 0.29) is 31.1 Å². The molecule has 3 aliphatic heterocycles. The molecule has 3 aliphatic rings. The maximum Gasteiger partial charge on any atom is 0.392 e. The lowest BCUT2D eigenvalue weighted by Gasteiger charge is -2.26. The van der Waals surface area contributed by atoms with E-state index in [1.807, 2.05) is 0 Å². The number of nitrogens with zero attached hydrogens (tertiary/aromatic N) is 7. The van der Waals surface area contributed by atoms with E-state index < -0.39 is 98.4 Å². The van der Waals surface area contributed by atoms with Crippen LogP contribution in [-0.2, 0) is 51.2 Å². The van der Waals surface area contributed by atoms with E-state index in [0.717, 1.165) is 0 Å². The van der Waals surface area contributed by atoms with E-state index in [9.17, 15) is 23.6 Å². The van der Waals surface area contributed by atoms with Crippen molar-refractivity contribution in [3.63, 3.8) is 0 Å². The van der Waals surface area contributed by atoms with Crippen LogP contribution in [0.1, 0.15) is 60.6 Å². The summed E-state index contributed by atoms with van der Waals surface area (Å²) in [6, 6.07) is 0. The number of nitrogens with one attached hydrogen (secondary N) is 1. The number of ether oxygens (including phenoxy) is 4. The molecule has 27 heteroatoms. The molecule has 3 aromatic rings. The molecule has 0 radical (unpaired) electrons. The number of fused-ring (bicyclic) bond motifs is 2. The summed E-state index contributed by atoms with van der Waals surface area (Å²) in [4.78, 5) is 57.8. The number of hydrogen-bond donors (Lipinski definition) is 4. The van der Waals surface area contributed by atoms with Crippen molar-refractivity contribution >= 4 is 82.6 Å². The molecule has 0 spiro atoms. The highest BCUT2D eigenvalue weighted by atomic mass is 32.7. The van der Waals surface area contributed by atoms with Crippen molar-refractivity contribution in [2.75, 3.05) is 53.4 Å². The molecule has 6 rings (SSSR count). The topological polar surface area (TPSA) is 290 Å². The van der Waals surface area contributed by atoms with E-state index >= 15 is 4.39 Å². The minimum Gasteiger partial charge on any atom is -0.454 e. The third-order valence-electron chi connectivity index (χ3n) is 9.04. The zero-order valence-electron chi connectivity index (χ0n) is 33.0. The largest absolute Gasteiger partial charge is 0.454 e. The molecule has 3 aromatic heterocycles. The highest BCUT2D eigenvalue weighted by Gasteiger charge is 2.47. The molecule has 22 nitrogen and oxygen atoms in total. The van der Waals surface area contributed by atoms with Crippen LogP contribution in [0, 0.1) is 10.8 Å². The van der Waals surface area contributed by atoms with Crippen LogP contribution in [0.4, 0.5) is 27.5 Å². The van der Waals surface area contributed by atoms with E-state index in [4.69, 9.17) is 44.0 Å². The molecule has 0 saturated carbocycles. The van der Waals surface area contributed by atoms with Crippen molar-refractivity contribution in [2.24, 2.45) is 10.8 Å². The van der Waals surface area contributed by atoms with Crippen molar-refractivity contribution in [1.82, 2.24) is 29.5 Å². The number of alkyl halides is 1. The summed E-state index contributed by atoms with van der Waals surface area (Å²) in [6.07, 6.45) is -3.10. The molecule has 7 unspecified atom stereocenters. The van der Waals surface area contributed by atoms with Crippen LogP contribution in [0.2, 0.25) is 0 Å². The van der Waals surface area contributed by atoms with Crippen molar-refractivity contribution in [2.45, 2.75) is 91.3 Å². The first-order valence-electron chi connectivity index (χ1n) is 18.2. The van der Waals surface area contributed by atoms with Gasteiger partial charge in [0.05, 0.1) is 37.0 Å². The first-order valence-corrected chi connectivity index (χ1v) is 24.5. The van der Waals surface area contributed by atoms with Crippen LogP contribution < -0.4 is 21.7 Å². The third-order valence-corrected chi connectivity index (χ3v) is 15.0. The second-order valence-corrected chi connectivity index (χ2v) is 23.4. The van der Waals surface area contributed by atoms with Gasteiger partial charge in [-0.25, -0.2) is 38.4 Å². The number of imidazole rings is 1. The Bertz CT molecular complexity index is 2110. The lowest BCUT2D eigenvalue weighted by Crippen LogP contribution is -2.36. The normalized spacial score (nSPS) is 25.3. The summed E-state index contributed by atoms with van der Waals surface area (Å²) >= 11 is 0.910. The summed E-state index contributed by atoms with van der Waals surface area (Å²) < 4.78 is 85.0. The van der Waals surface area contributed by atoms with Crippen LogP contribution in [0.25, 0.3) is 11.2 Å². The maximum atomic E-state index is 15.6. The zero-order valence-corrected chi connectivity index (χ0v) is 36.4. The minimum atomic E-state index is -4.46. The van der Waals surface area contributed by atoms with E-state index in [1.54, 1.807) is 46.4 Å². The number of carbonyl (C=O) groups excluding carboxylic acids is 2. The fourth-order valence-electron chi connectivity index (χ4n) is 5.86. The van der Waals surface area contributed by atoms with E-state index in [2.05, 4.69) is 30.2 Å². The Kier molecular flexibility index (Phi) is 13.7. The molecule has 8 atom stereocenters. The van der Waals surface area contributed by atoms with Gasteiger partial charge in [0, 0.05) is 35.6 Å². The number of aromatic nitrogens is 6. The second kappa shape index (κ2) is 17.9. The number of hydrogen-bond acceptors (Lipinski definition) is 22. The number of rotatable bonds is 16. The molecule has 6 heterocycles. The Morgan fingerprint density at radius 1 is 0.898 bits per heavy atom. The molecule has 6 N–H and O–H groups in total. The molecule has 0 bridgehead atoms. The maximum absolute atomic E-state index is 15.6. The Balaban J connectivity index is 1.19. The van der Waals surface area contributed by atoms with E-state index in [0.29, 0.717) is 45.4 Å². The Morgan fingerprint density at radius 2 is 1.53 bits per heavy atom. The van der Waals surface area contributed by atoms with Gasteiger partial charge < -0.3 is 45.5 Å². The van der Waals surface area contributed by atoms with Gasteiger partial charge in [-0.1, -0.05) is 0 Å². The molecular weight excluding hydrogens is 861 g/mol. The molecule has 59 heavy (non-hydrogen) atoms. The quantitative estimate of drug-likeness (QED) is 0.0867. The monoisotopic (exact) mass is 908 g/mol. The number of anilines is 4. The van der Waals surface area contributed by atoms with Crippen LogP contribution in [0.5, 0.6) is 0 Å². The van der Waals surface area contributed by atoms with Gasteiger partial charge in [0.25, 0.3) is 0 Å². The highest BCUT2D eigenvalue weighted by molar-refractivity contribution is 8.55. The predicted octanol–water partition coefficient (Wildman–Crippen LogP) is 4.60. The van der Waals surface area contributed by atoms with Gasteiger partial charge in [-0.15, -0.1) is 0 Å². The smallest absolute Gasteiger partial charge is 0.392 e. The van der Waals surface area contributed by atoms with Gasteiger partial charge in [0.2, 0.25) is 0 Å². The fourth-order valence-corrected chi connectivity index (χ4v) is 10.4. The zero-order chi connectivity index (χ0) is 42.9. The molecule has 0 aliphatic carbocycles. The summed E-state index contributed by atoms with van der Waals surface area (Å²) in [5.41, 5.74) is 11.3. The first-order chi connectivity index (χ1) is 27.6. The lowest BCUT2D eigenvalue weighted by molar-refractivity contribution is -0.151. The van der Waals surface area contributed by atoms with Gasteiger partial charge in [-0.3, -0.25) is 27.7 Å². The molecule has 0 amide bonds. The standard InChI is InChI=1S/C32H47FN10O12P2S2/c1-31(2,3)29(44)49-15-58-56(46,47)51-10-20-18(8-22(54-20)43-14-41-24-26(35)37-12-39-28(24)43)55-57(48,59-16-50-30(45)32(4,5)6)52-9-19-17(33)7-21(53-19)42-13-40-23-25(34)36-11-38-27(23)42/h11-13,17-22,41H,7-10,14-16H2,1-6H3,(H,46,47)(H2,34,36,38)(H2,35,37,39)/t17?,18-,19?,20?,21?,22?,57?/m0/s1. The summed E-state index contributed by atoms with van der Waals surface area (Å²) in [5.74, 6) is -1.40. The lowest BCUT2D eigenvalue weighted by atomic mass is 9.98. The van der Waals surface area contributed by atoms with Crippen LogP contribution in [0.15, 0.2) is 19.0 Å². The molecule has 326 valence electrons. The summed E-state index contributed by atoms with van der Waals surface area (Å²) in [7, 11) is 0. The molecular formula is C32H47FN10O12P2S2. The van der Waals surface area contributed by atoms with Gasteiger partial charge in [-0.2, -0.15) is 0 Å². The Hall–Kier alpha value is -3.38. The van der Waals surface area contributed by atoms with E-state index in [1.165, 1.54) is 23.5 Å². The van der Waals surface area contributed by atoms with Gasteiger partial charge in [0.15, 0.2) is 23.1 Å². The second-order valence-electron chi connectivity index (χ2n) is 15.6. The van der Waals surface area contributed by atoms with Crippen molar-refractivity contribution in [3.05, 3.63) is 19.0 Å². The Morgan fingerprint density at radius 3 is 2.22 bits per heavy atom. The average Bonchev–Trinajstić information content (AvgIpc) is 3.95. The van der Waals surface area contributed by atoms with Crippen LogP contribution in [0.3, 0.4) is 0 Å². The fraction of sp³-hybridized carbons (Fsp3) is 0.656. The van der Waals surface area contributed by atoms with Crippen molar-refractivity contribution in [3.8, 4) is 0 Å². The average molecular weight is 909 g/mol. The number of nitrogens with two attached hydrogens (primary N) is 2. The van der Waals surface area contributed by atoms with Crippen LogP contribution >= 0.6 is 36.4 Å². The van der Waals surface area contributed by atoms with Gasteiger partial charge in [0.1, 0.15) is 72.7 Å². The highest BCUT2D eigenvalue weighted by Crippen LogP contribution is 2.63. The summed E-state index contributed by atoms with van der Waals surface area (Å²) in [5, 5.41) is 3.10. The first kappa shape index (κ1) is 45.2. The Labute approximate surface area is 346 Å². The summed E-state index contributed by atoms with van der Waals surface area (Å²) in [6.45, 7) is -0.0186. The molecule has 2 fully saturated rings. The van der Waals surface area contributed by atoms with Crippen molar-refractivity contribution < 1.29 is 60.5 Å². The minimum absolute atomic E-state index is 0.0206. The number of carbonyl (C=O) groups is 2. The molecule has 2 saturated heterocycles.